The van der Waals surface area contributed by atoms with E-state index in [1.54, 1.807) is 24.3 Å². The van der Waals surface area contributed by atoms with Crippen LogP contribution in [0.15, 0.2) is 84.9 Å². The maximum atomic E-state index is 14.6. The summed E-state index contributed by atoms with van der Waals surface area (Å²) in [5.41, 5.74) is 0.183. The minimum atomic E-state index is -1.22. The third-order valence-electron chi connectivity index (χ3n) is 9.51. The predicted molar refractivity (Wildman–Crippen MR) is 163 cm³/mol. The first kappa shape index (κ1) is 29.4. The second-order valence-corrected chi connectivity index (χ2v) is 12.2. The fourth-order valence-electron chi connectivity index (χ4n) is 7.54. The fourth-order valence-corrected chi connectivity index (χ4v) is 7.73. The molecule has 0 saturated carbocycles. The van der Waals surface area contributed by atoms with Crippen molar-refractivity contribution in [1.82, 2.24) is 10.2 Å². The molecule has 2 bridgehead atoms. The second kappa shape index (κ2) is 11.8. The number of carbonyl (C=O) groups is 3. The number of para-hydroxylation sites is 1. The van der Waals surface area contributed by atoms with E-state index in [-0.39, 0.29) is 18.4 Å². The predicted octanol–water partition coefficient (Wildman–Crippen LogP) is 4.35. The molecule has 3 aliphatic heterocycles. The molecule has 0 aromatic heterocycles. The van der Waals surface area contributed by atoms with Gasteiger partial charge in [0.05, 0.1) is 40.8 Å². The van der Waals surface area contributed by atoms with E-state index in [0.717, 1.165) is 11.1 Å². The van der Waals surface area contributed by atoms with Gasteiger partial charge in [0.15, 0.2) is 0 Å². The smallest absolute Gasteiger partial charge is 0.250 e. The lowest BCUT2D eigenvalue weighted by Crippen LogP contribution is -2.57. The zero-order chi connectivity index (χ0) is 30.2. The molecule has 3 aromatic carbocycles. The van der Waals surface area contributed by atoms with Gasteiger partial charge in [-0.25, -0.2) is 0 Å². The van der Waals surface area contributed by atoms with Crippen molar-refractivity contribution in [1.29, 1.82) is 0 Å². The van der Waals surface area contributed by atoms with Crippen LogP contribution in [0, 0.1) is 11.8 Å². The molecule has 3 N–H and O–H groups in total. The average Bonchev–Trinajstić information content (AvgIpc) is 3.64. The number of rotatable bonds is 10. The number of halogens is 1. The van der Waals surface area contributed by atoms with Crippen molar-refractivity contribution >= 4 is 35.0 Å². The third kappa shape index (κ3) is 5.01. The number of benzene rings is 3. The van der Waals surface area contributed by atoms with Gasteiger partial charge < -0.3 is 25.4 Å². The molecule has 3 aromatic rings. The maximum Gasteiger partial charge on any atom is 0.250 e. The molecular weight excluding hydrogens is 566 g/mol. The summed E-state index contributed by atoms with van der Waals surface area (Å²) >= 11 is 6.40. The molecule has 3 amide bonds. The van der Waals surface area contributed by atoms with Crippen LogP contribution in [0.4, 0.5) is 5.69 Å². The molecule has 0 aliphatic carbocycles. The number of aliphatic hydroxyl groups is 1. The number of fused-ring (bicyclic) bond motifs is 1. The van der Waals surface area contributed by atoms with Gasteiger partial charge in [0.2, 0.25) is 17.7 Å². The summed E-state index contributed by atoms with van der Waals surface area (Å²) in [5, 5.41) is 17.0. The van der Waals surface area contributed by atoms with E-state index in [0.29, 0.717) is 42.9 Å². The summed E-state index contributed by atoms with van der Waals surface area (Å²) in [7, 11) is 0. The van der Waals surface area contributed by atoms with Crippen LogP contribution in [-0.2, 0) is 32.1 Å². The number of aliphatic hydroxyl groups excluding tert-OH is 1. The number of hydrogen-bond donors (Lipinski definition) is 3. The Labute approximate surface area is 256 Å². The summed E-state index contributed by atoms with van der Waals surface area (Å²) in [4.78, 5) is 44.3. The first-order chi connectivity index (χ1) is 20.8. The second-order valence-electron chi connectivity index (χ2n) is 11.8. The molecule has 3 heterocycles. The summed E-state index contributed by atoms with van der Waals surface area (Å²) in [6.45, 7) is 1.92. The Morgan fingerprint density at radius 3 is 2.28 bits per heavy atom. The normalized spacial score (nSPS) is 28.0. The van der Waals surface area contributed by atoms with Crippen LogP contribution >= 0.6 is 11.6 Å². The summed E-state index contributed by atoms with van der Waals surface area (Å²) < 4.78 is 6.85. The van der Waals surface area contributed by atoms with Crippen LogP contribution < -0.4 is 10.6 Å². The monoisotopic (exact) mass is 601 g/mol. The molecule has 1 spiro atoms. The van der Waals surface area contributed by atoms with Crippen LogP contribution in [0.1, 0.15) is 37.3 Å². The lowest BCUT2D eigenvalue weighted by molar-refractivity contribution is -0.149. The van der Waals surface area contributed by atoms with Gasteiger partial charge in [-0.1, -0.05) is 91.3 Å². The molecule has 3 fully saturated rings. The number of carbonyl (C=O) groups excluding carboxylic acids is 3. The highest BCUT2D eigenvalue weighted by Crippen LogP contribution is 2.64. The minimum absolute atomic E-state index is 0.263. The Kier molecular flexibility index (Phi) is 8.02. The number of nitrogens with zero attached hydrogens (tertiary/aromatic N) is 1. The third-order valence-corrected chi connectivity index (χ3v) is 9.84. The van der Waals surface area contributed by atoms with E-state index in [4.69, 9.17) is 16.3 Å². The maximum absolute atomic E-state index is 14.6. The lowest BCUT2D eigenvalue weighted by atomic mass is 9.65. The topological polar surface area (TPSA) is 108 Å². The van der Waals surface area contributed by atoms with E-state index in [1.165, 1.54) is 4.90 Å². The SMILES string of the molecule is CC[C@@]12CCC3(O1)C(C(=O)Nc1ccccc1Cl)N([C@@H](CO)Cc1ccccc1)C(=O)[C@@H]3[C@@H]2C(=O)NCc1ccccc1. The van der Waals surface area contributed by atoms with Crippen molar-refractivity contribution in [3.63, 3.8) is 0 Å². The Balaban J connectivity index is 1.39. The minimum Gasteiger partial charge on any atom is -0.394 e. The number of amides is 3. The molecule has 3 aliphatic rings. The highest BCUT2D eigenvalue weighted by Gasteiger charge is 2.79. The standard InChI is InChI=1S/C34H36ClN3O5/c1-2-33-17-18-34(43-33)28(27(33)30(40)36-20-23-13-7-4-8-14-23)32(42)38(24(21-39)19-22-11-5-3-6-12-22)29(34)31(41)37-26-16-10-9-15-25(26)35/h3-16,24,27-29,39H,2,17-21H2,1H3,(H,36,40)(H,37,41)/t24-,27-,28+,29?,33+,34?/m1/s1. The number of likely N-dealkylation sites (tertiary alicyclic amines) is 1. The van der Waals surface area contributed by atoms with E-state index in [9.17, 15) is 19.5 Å². The largest absolute Gasteiger partial charge is 0.394 e. The Morgan fingerprint density at radius 1 is 0.977 bits per heavy atom. The van der Waals surface area contributed by atoms with Crippen LogP contribution in [-0.4, -0.2) is 57.6 Å². The number of nitrogens with one attached hydrogen (secondary N) is 2. The van der Waals surface area contributed by atoms with Gasteiger partial charge in [-0.3, -0.25) is 14.4 Å². The van der Waals surface area contributed by atoms with Gasteiger partial charge in [-0.2, -0.15) is 0 Å². The number of hydrogen-bond acceptors (Lipinski definition) is 5. The van der Waals surface area contributed by atoms with Crippen molar-refractivity contribution < 1.29 is 24.2 Å². The molecular formula is C34H36ClN3O5. The summed E-state index contributed by atoms with van der Waals surface area (Å²) in [6, 6.07) is 24.3. The first-order valence-corrected chi connectivity index (χ1v) is 15.3. The average molecular weight is 602 g/mol. The van der Waals surface area contributed by atoms with Gasteiger partial charge in [0, 0.05) is 6.54 Å². The van der Waals surface area contributed by atoms with Crippen molar-refractivity contribution in [3.8, 4) is 0 Å². The lowest BCUT2D eigenvalue weighted by Gasteiger charge is -2.37. The van der Waals surface area contributed by atoms with E-state index >= 15 is 0 Å². The van der Waals surface area contributed by atoms with E-state index in [1.807, 2.05) is 67.6 Å². The quantitative estimate of drug-likeness (QED) is 0.320. The molecule has 3 saturated heterocycles. The zero-order valence-electron chi connectivity index (χ0n) is 24.0. The number of ether oxygens (including phenoxy) is 1. The van der Waals surface area contributed by atoms with E-state index in [2.05, 4.69) is 10.6 Å². The van der Waals surface area contributed by atoms with Crippen LogP contribution in [0.2, 0.25) is 5.02 Å². The molecule has 224 valence electrons. The highest BCUT2D eigenvalue weighted by atomic mass is 35.5. The Morgan fingerprint density at radius 2 is 1.63 bits per heavy atom. The molecule has 0 radical (unpaired) electrons. The van der Waals surface area contributed by atoms with Crippen molar-refractivity contribution in [2.45, 2.75) is 62.4 Å². The highest BCUT2D eigenvalue weighted by molar-refractivity contribution is 6.33. The molecule has 6 atom stereocenters. The van der Waals surface area contributed by atoms with Crippen molar-refractivity contribution in [3.05, 3.63) is 101 Å². The van der Waals surface area contributed by atoms with Crippen LogP contribution in [0.25, 0.3) is 0 Å². The van der Waals surface area contributed by atoms with Crippen LogP contribution in [0.5, 0.6) is 0 Å². The fraction of sp³-hybridized carbons (Fsp3) is 0.382. The van der Waals surface area contributed by atoms with Gasteiger partial charge >= 0.3 is 0 Å². The van der Waals surface area contributed by atoms with Crippen molar-refractivity contribution in [2.24, 2.45) is 11.8 Å². The molecule has 6 rings (SSSR count). The molecule has 43 heavy (non-hydrogen) atoms. The first-order valence-electron chi connectivity index (χ1n) is 14.9. The van der Waals surface area contributed by atoms with Gasteiger partial charge in [0.1, 0.15) is 11.6 Å². The van der Waals surface area contributed by atoms with Gasteiger partial charge in [-0.15, -0.1) is 0 Å². The van der Waals surface area contributed by atoms with Gasteiger partial charge in [0.25, 0.3) is 0 Å². The Hall–Kier alpha value is -3.72. The number of anilines is 1. The Bertz CT molecular complexity index is 1500. The van der Waals surface area contributed by atoms with Gasteiger partial charge in [-0.05, 0) is 48.9 Å². The molecule has 8 nitrogen and oxygen atoms in total. The summed E-state index contributed by atoms with van der Waals surface area (Å²) in [6.07, 6.45) is 1.85. The molecule has 2 unspecified atom stereocenters. The molecule has 9 heteroatoms. The van der Waals surface area contributed by atoms with Crippen molar-refractivity contribution in [2.75, 3.05) is 11.9 Å². The van der Waals surface area contributed by atoms with E-state index < -0.39 is 41.0 Å². The zero-order valence-corrected chi connectivity index (χ0v) is 24.8. The van der Waals surface area contributed by atoms with Crippen LogP contribution in [0.3, 0.4) is 0 Å². The summed E-state index contributed by atoms with van der Waals surface area (Å²) in [5.74, 6) is -2.71.